The molecule has 0 aliphatic heterocycles. The van der Waals surface area contributed by atoms with Crippen molar-refractivity contribution < 1.29 is 29.1 Å². The number of carboxylic acid groups (broad SMARTS) is 1. The van der Waals surface area contributed by atoms with Gasteiger partial charge in [-0.25, -0.2) is 0 Å². The number of benzene rings is 2. The van der Waals surface area contributed by atoms with E-state index in [1.54, 1.807) is 12.1 Å². The minimum absolute atomic E-state index is 0.121. The summed E-state index contributed by atoms with van der Waals surface area (Å²) in [5.74, 6) is -3.90. The standard InChI is InChI=1S/C29H31N7O6S2/c30-29(31)32-11-5-8-18(35-28(42)23-13-17-7-2-4-10-21(17)44-23)26(40)36-19(25(39)34-15-24(37)38)14-33-27(41)22-12-16-6-1-3-9-20(16)43-22/h1-4,6-7,9-10,12-13,18-19H,5,8,11,14-15H2,(H,33,41)(H,34,39)(H,35,42)(H,36,40)(H,37,38)(H4,30,31,32)/t18-,19-/m1/s1. The molecule has 0 unspecified atom stereocenters. The normalized spacial score (nSPS) is 12.2. The number of aliphatic carboxylic acids is 1. The maximum Gasteiger partial charge on any atom is 0.322 e. The summed E-state index contributed by atoms with van der Waals surface area (Å²) in [6.07, 6.45) is 0.443. The highest BCUT2D eigenvalue weighted by atomic mass is 32.1. The zero-order valence-electron chi connectivity index (χ0n) is 23.4. The van der Waals surface area contributed by atoms with Crippen molar-refractivity contribution in [2.75, 3.05) is 19.6 Å². The van der Waals surface area contributed by atoms with Gasteiger partial charge in [0.25, 0.3) is 11.8 Å². The molecule has 0 saturated heterocycles. The van der Waals surface area contributed by atoms with E-state index in [1.807, 2.05) is 48.5 Å². The Morgan fingerprint density at radius 2 is 1.36 bits per heavy atom. The Bertz CT molecular complexity index is 1650. The number of fused-ring (bicyclic) bond motifs is 2. The summed E-state index contributed by atoms with van der Waals surface area (Å²) >= 11 is 2.53. The molecule has 9 N–H and O–H groups in total. The topological polar surface area (TPSA) is 218 Å². The Labute approximate surface area is 259 Å². The molecule has 15 heteroatoms. The van der Waals surface area contributed by atoms with Gasteiger partial charge >= 0.3 is 5.97 Å². The lowest BCUT2D eigenvalue weighted by Gasteiger charge is -2.23. The molecule has 44 heavy (non-hydrogen) atoms. The molecule has 0 saturated carbocycles. The highest BCUT2D eigenvalue weighted by Crippen LogP contribution is 2.26. The molecule has 4 amide bonds. The monoisotopic (exact) mass is 637 g/mol. The van der Waals surface area contributed by atoms with E-state index in [4.69, 9.17) is 16.6 Å². The molecule has 0 radical (unpaired) electrons. The van der Waals surface area contributed by atoms with Crippen molar-refractivity contribution in [1.29, 1.82) is 0 Å². The van der Waals surface area contributed by atoms with Crippen LogP contribution in [0.4, 0.5) is 0 Å². The number of carbonyl (C=O) groups excluding carboxylic acids is 4. The Hall–Kier alpha value is -5.02. The maximum atomic E-state index is 13.5. The third-order valence-electron chi connectivity index (χ3n) is 6.38. The highest BCUT2D eigenvalue weighted by Gasteiger charge is 2.28. The number of thiophene rings is 2. The molecule has 4 rings (SSSR count). The molecule has 0 fully saturated rings. The minimum Gasteiger partial charge on any atom is -0.480 e. The van der Waals surface area contributed by atoms with Crippen LogP contribution in [-0.4, -0.2) is 72.4 Å². The number of nitrogens with two attached hydrogens (primary N) is 2. The van der Waals surface area contributed by atoms with Crippen molar-refractivity contribution in [1.82, 2.24) is 21.3 Å². The first-order valence-electron chi connectivity index (χ1n) is 13.5. The van der Waals surface area contributed by atoms with E-state index in [0.29, 0.717) is 16.2 Å². The lowest BCUT2D eigenvalue weighted by Crippen LogP contribution is -2.57. The van der Waals surface area contributed by atoms with E-state index in [9.17, 15) is 24.0 Å². The molecule has 0 bridgehead atoms. The fourth-order valence-electron chi connectivity index (χ4n) is 4.24. The number of carbonyl (C=O) groups is 5. The second kappa shape index (κ2) is 14.9. The van der Waals surface area contributed by atoms with Crippen molar-refractivity contribution in [3.63, 3.8) is 0 Å². The van der Waals surface area contributed by atoms with Crippen molar-refractivity contribution in [3.05, 3.63) is 70.4 Å². The van der Waals surface area contributed by atoms with Crippen molar-refractivity contribution in [3.8, 4) is 0 Å². The average molecular weight is 638 g/mol. The van der Waals surface area contributed by atoms with Gasteiger partial charge in [0.1, 0.15) is 18.6 Å². The third-order valence-corrected chi connectivity index (χ3v) is 8.61. The molecule has 13 nitrogen and oxygen atoms in total. The van der Waals surface area contributed by atoms with E-state index >= 15 is 0 Å². The number of amides is 4. The second-order valence-corrected chi connectivity index (χ2v) is 11.8. The molecule has 4 aromatic rings. The fourth-order valence-corrected chi connectivity index (χ4v) is 6.18. The fraction of sp³-hybridized carbons (Fsp3) is 0.241. The molecule has 2 atom stereocenters. The van der Waals surface area contributed by atoms with Crippen molar-refractivity contribution >= 4 is 78.4 Å². The summed E-state index contributed by atoms with van der Waals surface area (Å²) in [6, 6.07) is 15.9. The number of carboxylic acids is 1. The van der Waals surface area contributed by atoms with Gasteiger partial charge in [-0.05, 0) is 47.9 Å². The number of aliphatic imine (C=N–C) groups is 1. The predicted octanol–water partition coefficient (Wildman–Crippen LogP) is 1.38. The van der Waals surface area contributed by atoms with Gasteiger partial charge in [0.05, 0.1) is 9.75 Å². The zero-order valence-corrected chi connectivity index (χ0v) is 25.0. The smallest absolute Gasteiger partial charge is 0.322 e. The minimum atomic E-state index is -1.35. The van der Waals surface area contributed by atoms with Crippen LogP contribution in [0.1, 0.15) is 32.2 Å². The molecule has 2 aromatic heterocycles. The molecule has 0 aliphatic carbocycles. The summed E-state index contributed by atoms with van der Waals surface area (Å²) in [7, 11) is 0. The largest absolute Gasteiger partial charge is 0.480 e. The van der Waals surface area contributed by atoms with E-state index in [-0.39, 0.29) is 25.5 Å². The van der Waals surface area contributed by atoms with E-state index in [2.05, 4.69) is 26.3 Å². The molecule has 0 aliphatic rings. The first-order valence-corrected chi connectivity index (χ1v) is 15.2. The van der Waals surface area contributed by atoms with Gasteiger partial charge in [-0.15, -0.1) is 22.7 Å². The van der Waals surface area contributed by atoms with Crippen LogP contribution in [0.25, 0.3) is 20.2 Å². The van der Waals surface area contributed by atoms with Crippen LogP contribution in [-0.2, 0) is 14.4 Å². The lowest BCUT2D eigenvalue weighted by molar-refractivity contribution is -0.138. The number of nitrogens with zero attached hydrogens (tertiary/aromatic N) is 1. The van der Waals surface area contributed by atoms with Gasteiger partial charge in [0.2, 0.25) is 11.8 Å². The number of hydrogen-bond acceptors (Lipinski definition) is 8. The summed E-state index contributed by atoms with van der Waals surface area (Å²) in [6.45, 7) is -0.839. The molecule has 2 heterocycles. The van der Waals surface area contributed by atoms with Crippen LogP contribution in [0.3, 0.4) is 0 Å². The molecular weight excluding hydrogens is 606 g/mol. The predicted molar refractivity (Wildman–Crippen MR) is 170 cm³/mol. The Morgan fingerprint density at radius 3 is 1.93 bits per heavy atom. The SMILES string of the molecule is NC(N)=NCCC[C@@H](NC(=O)c1cc2ccccc2s1)C(=O)N[C@H](CNC(=O)c1cc2ccccc2s1)C(=O)NCC(=O)O. The van der Waals surface area contributed by atoms with Crippen LogP contribution < -0.4 is 32.7 Å². The van der Waals surface area contributed by atoms with Crippen molar-refractivity contribution in [2.24, 2.45) is 16.5 Å². The van der Waals surface area contributed by atoms with Crippen LogP contribution in [0.5, 0.6) is 0 Å². The summed E-state index contributed by atoms with van der Waals surface area (Å²) in [5.41, 5.74) is 10.8. The molecule has 230 valence electrons. The Morgan fingerprint density at radius 1 is 0.773 bits per heavy atom. The lowest BCUT2D eigenvalue weighted by atomic mass is 10.1. The summed E-state index contributed by atoms with van der Waals surface area (Å²) in [4.78, 5) is 68.2. The molecule has 0 spiro atoms. The van der Waals surface area contributed by atoms with Gasteiger partial charge in [-0.2, -0.15) is 0 Å². The first-order chi connectivity index (χ1) is 21.1. The van der Waals surface area contributed by atoms with Crippen LogP contribution >= 0.6 is 22.7 Å². The van der Waals surface area contributed by atoms with E-state index < -0.39 is 48.2 Å². The van der Waals surface area contributed by atoms with Crippen LogP contribution in [0.2, 0.25) is 0 Å². The number of rotatable bonds is 14. The summed E-state index contributed by atoms with van der Waals surface area (Å²) < 4.78 is 1.80. The van der Waals surface area contributed by atoms with Gasteiger partial charge < -0.3 is 37.8 Å². The van der Waals surface area contributed by atoms with Crippen molar-refractivity contribution in [2.45, 2.75) is 24.9 Å². The highest BCUT2D eigenvalue weighted by molar-refractivity contribution is 7.21. The van der Waals surface area contributed by atoms with Gasteiger partial charge in [-0.1, -0.05) is 36.4 Å². The Balaban J connectivity index is 1.49. The van der Waals surface area contributed by atoms with E-state index in [1.165, 1.54) is 22.7 Å². The Kier molecular flexibility index (Phi) is 10.8. The quantitative estimate of drug-likeness (QED) is 0.0607. The summed E-state index contributed by atoms with van der Waals surface area (Å²) in [5, 5.41) is 20.9. The number of guanidine groups is 1. The molecular formula is C29H31N7O6S2. The maximum absolute atomic E-state index is 13.5. The van der Waals surface area contributed by atoms with Gasteiger partial charge in [0, 0.05) is 22.5 Å². The molecule has 2 aromatic carbocycles. The first kappa shape index (κ1) is 31.9. The van der Waals surface area contributed by atoms with E-state index in [0.717, 1.165) is 20.2 Å². The number of nitrogens with one attached hydrogen (secondary N) is 4. The van der Waals surface area contributed by atoms with Gasteiger partial charge in [-0.3, -0.25) is 29.0 Å². The zero-order chi connectivity index (χ0) is 31.6. The average Bonchev–Trinajstić information content (AvgIpc) is 3.64. The second-order valence-electron chi connectivity index (χ2n) is 9.65. The van der Waals surface area contributed by atoms with Gasteiger partial charge in [0.15, 0.2) is 5.96 Å². The third kappa shape index (κ3) is 8.75. The number of hydrogen-bond donors (Lipinski definition) is 7. The van der Waals surface area contributed by atoms with Crippen LogP contribution in [0.15, 0.2) is 65.7 Å². The van der Waals surface area contributed by atoms with Crippen LogP contribution in [0, 0.1) is 0 Å².